The molecule has 0 aliphatic carbocycles. The van der Waals surface area contributed by atoms with E-state index in [0.29, 0.717) is 17.0 Å². The van der Waals surface area contributed by atoms with Crippen molar-refractivity contribution in [2.45, 2.75) is 6.54 Å². The quantitative estimate of drug-likeness (QED) is 0.725. The first kappa shape index (κ1) is 15.9. The van der Waals surface area contributed by atoms with Gasteiger partial charge in [-0.25, -0.2) is 9.37 Å². The van der Waals surface area contributed by atoms with Crippen molar-refractivity contribution in [2.75, 3.05) is 11.9 Å². The van der Waals surface area contributed by atoms with E-state index >= 15 is 0 Å². The summed E-state index contributed by atoms with van der Waals surface area (Å²) in [5.41, 5.74) is 0.525. The van der Waals surface area contributed by atoms with Gasteiger partial charge in [-0.15, -0.1) is 0 Å². The van der Waals surface area contributed by atoms with Crippen molar-refractivity contribution in [3.8, 4) is 5.75 Å². The maximum absolute atomic E-state index is 13.2. The zero-order valence-electron chi connectivity index (χ0n) is 13.4. The van der Waals surface area contributed by atoms with Crippen LogP contribution in [0.2, 0.25) is 0 Å². The van der Waals surface area contributed by atoms with Crippen LogP contribution >= 0.6 is 0 Å². The topological polar surface area (TPSA) is 90.3 Å². The van der Waals surface area contributed by atoms with Crippen LogP contribution in [-0.2, 0) is 11.3 Å². The van der Waals surface area contributed by atoms with Crippen molar-refractivity contribution in [2.24, 2.45) is 0 Å². The van der Waals surface area contributed by atoms with Crippen LogP contribution in [0.25, 0.3) is 10.9 Å². The molecule has 0 bridgehead atoms. The number of nitrogens with zero attached hydrogens (tertiary/aromatic N) is 2. The highest BCUT2D eigenvalue weighted by molar-refractivity contribution is 6.00. The number of hydrogen-bond acceptors (Lipinski definition) is 5. The van der Waals surface area contributed by atoms with E-state index < -0.39 is 11.4 Å². The fourth-order valence-corrected chi connectivity index (χ4v) is 2.75. The van der Waals surface area contributed by atoms with Crippen molar-refractivity contribution in [3.63, 3.8) is 0 Å². The first-order chi connectivity index (χ1) is 12.5. The Morgan fingerprint density at radius 3 is 2.92 bits per heavy atom. The summed E-state index contributed by atoms with van der Waals surface area (Å²) in [5.74, 6) is -0.647. The molecule has 2 heterocycles. The van der Waals surface area contributed by atoms with E-state index in [0.717, 1.165) is 10.6 Å². The number of rotatable bonds is 3. The van der Waals surface area contributed by atoms with Gasteiger partial charge in [0.15, 0.2) is 12.4 Å². The summed E-state index contributed by atoms with van der Waals surface area (Å²) in [6.45, 7) is -0.300. The Morgan fingerprint density at radius 2 is 2.08 bits per heavy atom. The molecule has 4 rings (SSSR count). The number of fused-ring (bicyclic) bond motifs is 2. The van der Waals surface area contributed by atoms with Gasteiger partial charge in [-0.05, 0) is 30.3 Å². The lowest BCUT2D eigenvalue weighted by Crippen LogP contribution is -2.26. The molecule has 7 nitrogen and oxygen atoms in total. The largest absolute Gasteiger partial charge is 0.482 e. The summed E-state index contributed by atoms with van der Waals surface area (Å²) in [6.07, 6.45) is 1.21. The fraction of sp³-hybridized carbons (Fsp3) is 0.111. The Kier molecular flexibility index (Phi) is 3.72. The lowest BCUT2D eigenvalue weighted by molar-refractivity contribution is -0.118. The van der Waals surface area contributed by atoms with Gasteiger partial charge in [0.05, 0.1) is 29.5 Å². The summed E-state index contributed by atoms with van der Waals surface area (Å²) in [6, 6.07) is 8.33. The molecule has 2 aromatic carbocycles. The molecule has 0 unspecified atom stereocenters. The second-order valence-electron chi connectivity index (χ2n) is 5.81. The average Bonchev–Trinajstić information content (AvgIpc) is 2.63. The Morgan fingerprint density at radius 1 is 1.23 bits per heavy atom. The lowest BCUT2D eigenvalue weighted by atomic mass is 10.1. The Bertz CT molecular complexity index is 1120. The van der Waals surface area contributed by atoms with Gasteiger partial charge in [0.25, 0.3) is 11.5 Å². The van der Waals surface area contributed by atoms with Crippen LogP contribution in [0.5, 0.6) is 5.75 Å². The number of hydrogen-bond donors (Lipinski definition) is 1. The van der Waals surface area contributed by atoms with Crippen molar-refractivity contribution in [3.05, 3.63) is 64.5 Å². The van der Waals surface area contributed by atoms with Gasteiger partial charge in [0.1, 0.15) is 11.6 Å². The summed E-state index contributed by atoms with van der Waals surface area (Å²) in [4.78, 5) is 40.4. The molecule has 1 aliphatic heterocycles. The van der Waals surface area contributed by atoms with Gasteiger partial charge < -0.3 is 10.1 Å². The smallest absolute Gasteiger partial charge is 0.262 e. The standard InChI is InChI=1S/C18H12FN3O4/c19-11-2-3-12-13(6-11)20-9-22(18(12)25)7-15(23)10-1-4-16-14(5-10)21-17(24)8-26-16/h1-6,9H,7-8H2,(H,21,24). The molecule has 0 radical (unpaired) electrons. The summed E-state index contributed by atoms with van der Waals surface area (Å²) in [7, 11) is 0. The molecule has 8 heteroatoms. The summed E-state index contributed by atoms with van der Waals surface area (Å²) in [5, 5.41) is 2.86. The zero-order valence-corrected chi connectivity index (χ0v) is 13.4. The fourth-order valence-electron chi connectivity index (χ4n) is 2.75. The van der Waals surface area contributed by atoms with E-state index in [1.807, 2.05) is 0 Å². The van der Waals surface area contributed by atoms with E-state index in [1.165, 1.54) is 24.5 Å². The molecular formula is C18H12FN3O4. The predicted octanol–water partition coefficient (Wildman–Crippen LogP) is 1.75. The molecule has 1 N–H and O–H groups in total. The number of benzene rings is 2. The Balaban J connectivity index is 1.64. The first-order valence-corrected chi connectivity index (χ1v) is 7.76. The second-order valence-corrected chi connectivity index (χ2v) is 5.81. The Labute approximate surface area is 146 Å². The monoisotopic (exact) mass is 353 g/mol. The third kappa shape index (κ3) is 2.81. The number of anilines is 1. The van der Waals surface area contributed by atoms with E-state index in [4.69, 9.17) is 4.74 Å². The number of aromatic nitrogens is 2. The van der Waals surface area contributed by atoms with Gasteiger partial charge in [0.2, 0.25) is 0 Å². The molecule has 1 amide bonds. The number of amides is 1. The molecule has 1 aliphatic rings. The third-order valence-electron chi connectivity index (χ3n) is 4.04. The normalized spacial score (nSPS) is 13.0. The third-order valence-corrected chi connectivity index (χ3v) is 4.04. The minimum Gasteiger partial charge on any atom is -0.482 e. The van der Waals surface area contributed by atoms with Gasteiger partial charge >= 0.3 is 0 Å². The van der Waals surface area contributed by atoms with Crippen LogP contribution in [0.3, 0.4) is 0 Å². The van der Waals surface area contributed by atoms with E-state index in [-0.39, 0.29) is 35.7 Å². The first-order valence-electron chi connectivity index (χ1n) is 7.76. The van der Waals surface area contributed by atoms with Gasteiger partial charge in [0, 0.05) is 11.6 Å². The minimum atomic E-state index is -0.489. The van der Waals surface area contributed by atoms with Crippen LogP contribution in [-0.4, -0.2) is 27.8 Å². The average molecular weight is 353 g/mol. The lowest BCUT2D eigenvalue weighted by Gasteiger charge is -2.18. The molecule has 0 fully saturated rings. The zero-order chi connectivity index (χ0) is 18.3. The molecular weight excluding hydrogens is 341 g/mol. The van der Waals surface area contributed by atoms with Gasteiger partial charge in [-0.1, -0.05) is 0 Å². The maximum Gasteiger partial charge on any atom is 0.262 e. The highest BCUT2D eigenvalue weighted by Crippen LogP contribution is 2.28. The van der Waals surface area contributed by atoms with Gasteiger partial charge in [-0.2, -0.15) is 0 Å². The van der Waals surface area contributed by atoms with Crippen molar-refractivity contribution < 1.29 is 18.7 Å². The highest BCUT2D eigenvalue weighted by atomic mass is 19.1. The number of ether oxygens (including phenoxy) is 1. The van der Waals surface area contributed by atoms with Gasteiger partial charge in [-0.3, -0.25) is 19.0 Å². The minimum absolute atomic E-state index is 0.0704. The maximum atomic E-state index is 13.2. The van der Waals surface area contributed by atoms with Crippen LogP contribution in [0.1, 0.15) is 10.4 Å². The van der Waals surface area contributed by atoms with E-state index in [2.05, 4.69) is 10.3 Å². The predicted molar refractivity (Wildman–Crippen MR) is 90.9 cm³/mol. The molecule has 130 valence electrons. The molecule has 0 atom stereocenters. The highest BCUT2D eigenvalue weighted by Gasteiger charge is 2.18. The second kappa shape index (κ2) is 6.07. The van der Waals surface area contributed by atoms with E-state index in [9.17, 15) is 18.8 Å². The number of halogens is 1. The number of ketones is 1. The molecule has 0 saturated heterocycles. The van der Waals surface area contributed by atoms with Crippen LogP contribution in [0.15, 0.2) is 47.5 Å². The Hall–Kier alpha value is -3.55. The molecule has 0 saturated carbocycles. The van der Waals surface area contributed by atoms with Crippen LogP contribution in [0, 0.1) is 5.82 Å². The van der Waals surface area contributed by atoms with E-state index in [1.54, 1.807) is 12.1 Å². The number of Topliss-reactive ketones (excluding diaryl/α,β-unsaturated/α-hetero) is 1. The number of nitrogens with one attached hydrogen (secondary N) is 1. The molecule has 1 aromatic heterocycles. The number of carbonyl (C=O) groups is 2. The molecule has 3 aromatic rings. The number of carbonyl (C=O) groups excluding carboxylic acids is 2. The summed E-state index contributed by atoms with van der Waals surface area (Å²) < 4.78 is 19.6. The molecule has 26 heavy (non-hydrogen) atoms. The van der Waals surface area contributed by atoms with Crippen LogP contribution in [0.4, 0.5) is 10.1 Å². The summed E-state index contributed by atoms with van der Waals surface area (Å²) >= 11 is 0. The van der Waals surface area contributed by atoms with Crippen molar-refractivity contribution >= 4 is 28.3 Å². The van der Waals surface area contributed by atoms with Crippen molar-refractivity contribution in [1.29, 1.82) is 0 Å². The molecule has 0 spiro atoms. The SMILES string of the molecule is O=C1COc2ccc(C(=O)Cn3cnc4cc(F)ccc4c3=O)cc2N1. The van der Waals surface area contributed by atoms with Crippen LogP contribution < -0.4 is 15.6 Å². The van der Waals surface area contributed by atoms with Crippen molar-refractivity contribution in [1.82, 2.24) is 9.55 Å².